The average molecular weight is 239 g/mol. The maximum atomic E-state index is 10.7. The van der Waals surface area contributed by atoms with Gasteiger partial charge in [-0.3, -0.25) is 4.90 Å². The standard InChI is InChI=1S/C12H17NO4/c14-7-10-3-1-2-4-13(10)6-11-5-9(8-17-11)12(15)16/h5,8,10,14H,1-4,6-7H2,(H,15,16). The third-order valence-electron chi connectivity index (χ3n) is 3.22. The SMILES string of the molecule is O=C(O)c1coc(CN2CCCCC2CO)c1. The van der Waals surface area contributed by atoms with E-state index in [4.69, 9.17) is 9.52 Å². The molecule has 1 unspecified atom stereocenters. The molecular formula is C12H17NO4. The van der Waals surface area contributed by atoms with E-state index >= 15 is 0 Å². The normalized spacial score (nSPS) is 21.6. The summed E-state index contributed by atoms with van der Waals surface area (Å²) in [6, 6.07) is 1.72. The van der Waals surface area contributed by atoms with E-state index in [9.17, 15) is 9.90 Å². The van der Waals surface area contributed by atoms with Crippen molar-refractivity contribution in [2.24, 2.45) is 0 Å². The largest absolute Gasteiger partial charge is 0.478 e. The average Bonchev–Trinajstić information content (AvgIpc) is 2.78. The van der Waals surface area contributed by atoms with Gasteiger partial charge in [0.1, 0.15) is 12.0 Å². The number of piperidine rings is 1. The Morgan fingerprint density at radius 3 is 3.00 bits per heavy atom. The van der Waals surface area contributed by atoms with Crippen molar-refractivity contribution in [3.8, 4) is 0 Å². The van der Waals surface area contributed by atoms with E-state index in [0.717, 1.165) is 25.8 Å². The fraction of sp³-hybridized carbons (Fsp3) is 0.583. The Balaban J connectivity index is 2.00. The number of aliphatic hydroxyl groups is 1. The monoisotopic (exact) mass is 239 g/mol. The molecule has 2 rings (SSSR count). The summed E-state index contributed by atoms with van der Waals surface area (Å²) in [5.74, 6) is -0.333. The van der Waals surface area contributed by atoms with Gasteiger partial charge in [-0.15, -0.1) is 0 Å². The van der Waals surface area contributed by atoms with Crippen molar-refractivity contribution in [1.82, 2.24) is 4.90 Å². The van der Waals surface area contributed by atoms with E-state index in [1.165, 1.54) is 6.26 Å². The van der Waals surface area contributed by atoms with Crippen molar-refractivity contribution in [3.05, 3.63) is 23.7 Å². The van der Waals surface area contributed by atoms with Crippen LogP contribution in [-0.4, -0.2) is 40.3 Å². The molecule has 5 nitrogen and oxygen atoms in total. The van der Waals surface area contributed by atoms with Gasteiger partial charge in [0.05, 0.1) is 18.7 Å². The van der Waals surface area contributed by atoms with Crippen LogP contribution < -0.4 is 0 Å². The Bertz CT molecular complexity index is 388. The van der Waals surface area contributed by atoms with E-state index in [1.807, 2.05) is 0 Å². The summed E-state index contributed by atoms with van der Waals surface area (Å²) in [4.78, 5) is 12.9. The molecule has 94 valence electrons. The number of likely N-dealkylation sites (tertiary alicyclic amines) is 1. The number of furan rings is 1. The lowest BCUT2D eigenvalue weighted by molar-refractivity contribution is 0.0696. The molecule has 1 aromatic heterocycles. The molecule has 1 fully saturated rings. The van der Waals surface area contributed by atoms with Crippen LogP contribution >= 0.6 is 0 Å². The van der Waals surface area contributed by atoms with Crippen molar-refractivity contribution in [2.75, 3.05) is 13.2 Å². The molecule has 2 N–H and O–H groups in total. The third-order valence-corrected chi connectivity index (χ3v) is 3.22. The summed E-state index contributed by atoms with van der Waals surface area (Å²) >= 11 is 0. The molecular weight excluding hydrogens is 222 g/mol. The Labute approximate surface area is 99.6 Å². The van der Waals surface area contributed by atoms with Crippen molar-refractivity contribution in [3.63, 3.8) is 0 Å². The molecule has 0 aliphatic carbocycles. The second-order valence-electron chi connectivity index (χ2n) is 4.41. The third kappa shape index (κ3) is 2.87. The van der Waals surface area contributed by atoms with Crippen LogP contribution in [-0.2, 0) is 6.54 Å². The highest BCUT2D eigenvalue weighted by Crippen LogP contribution is 2.20. The molecule has 5 heteroatoms. The van der Waals surface area contributed by atoms with Crippen LogP contribution in [0.15, 0.2) is 16.7 Å². The fourth-order valence-corrected chi connectivity index (χ4v) is 2.25. The number of hydrogen-bond donors (Lipinski definition) is 2. The van der Waals surface area contributed by atoms with Crippen molar-refractivity contribution in [2.45, 2.75) is 31.8 Å². The molecule has 17 heavy (non-hydrogen) atoms. The highest BCUT2D eigenvalue weighted by molar-refractivity contribution is 5.87. The molecule has 0 bridgehead atoms. The second-order valence-corrected chi connectivity index (χ2v) is 4.41. The summed E-state index contributed by atoms with van der Waals surface area (Å²) in [6.45, 7) is 1.64. The summed E-state index contributed by atoms with van der Waals surface area (Å²) in [5, 5.41) is 18.1. The zero-order valence-electron chi connectivity index (χ0n) is 9.63. The zero-order valence-corrected chi connectivity index (χ0v) is 9.63. The summed E-state index contributed by atoms with van der Waals surface area (Å²) in [7, 11) is 0. The Hall–Kier alpha value is -1.33. The Kier molecular flexibility index (Phi) is 3.81. The maximum Gasteiger partial charge on any atom is 0.338 e. The van der Waals surface area contributed by atoms with Gasteiger partial charge < -0.3 is 14.6 Å². The van der Waals surface area contributed by atoms with Crippen LogP contribution in [0, 0.1) is 0 Å². The summed E-state index contributed by atoms with van der Waals surface area (Å²) in [6.07, 6.45) is 4.50. The van der Waals surface area contributed by atoms with Crippen molar-refractivity contribution in [1.29, 1.82) is 0 Å². The van der Waals surface area contributed by atoms with E-state index in [2.05, 4.69) is 4.90 Å². The number of rotatable bonds is 4. The van der Waals surface area contributed by atoms with Crippen LogP contribution in [0.1, 0.15) is 35.4 Å². The van der Waals surface area contributed by atoms with Crippen LogP contribution in [0.5, 0.6) is 0 Å². The summed E-state index contributed by atoms with van der Waals surface area (Å²) < 4.78 is 5.22. The smallest absolute Gasteiger partial charge is 0.338 e. The van der Waals surface area contributed by atoms with Gasteiger partial charge in [-0.25, -0.2) is 4.79 Å². The van der Waals surface area contributed by atoms with Gasteiger partial charge in [-0.05, 0) is 25.5 Å². The first-order chi connectivity index (χ1) is 8.20. The number of carboxylic acids is 1. The van der Waals surface area contributed by atoms with Gasteiger partial charge >= 0.3 is 5.97 Å². The first kappa shape index (κ1) is 12.1. The first-order valence-corrected chi connectivity index (χ1v) is 5.86. The van der Waals surface area contributed by atoms with Crippen LogP contribution in [0.4, 0.5) is 0 Å². The molecule has 1 aliphatic rings. The van der Waals surface area contributed by atoms with Crippen LogP contribution in [0.3, 0.4) is 0 Å². The molecule has 0 saturated carbocycles. The number of nitrogens with zero attached hydrogens (tertiary/aromatic N) is 1. The van der Waals surface area contributed by atoms with E-state index in [-0.39, 0.29) is 18.2 Å². The number of carbonyl (C=O) groups is 1. The highest BCUT2D eigenvalue weighted by atomic mass is 16.4. The number of aromatic carboxylic acids is 1. The minimum absolute atomic E-state index is 0.145. The minimum atomic E-state index is -0.975. The maximum absolute atomic E-state index is 10.7. The lowest BCUT2D eigenvalue weighted by Gasteiger charge is -2.33. The van der Waals surface area contributed by atoms with Gasteiger partial charge in [0.15, 0.2) is 0 Å². The Morgan fingerprint density at radius 1 is 1.53 bits per heavy atom. The lowest BCUT2D eigenvalue weighted by Crippen LogP contribution is -2.41. The van der Waals surface area contributed by atoms with Crippen LogP contribution in [0.2, 0.25) is 0 Å². The quantitative estimate of drug-likeness (QED) is 0.829. The highest BCUT2D eigenvalue weighted by Gasteiger charge is 2.22. The summed E-state index contributed by atoms with van der Waals surface area (Å²) in [5.41, 5.74) is 0.178. The second kappa shape index (κ2) is 5.33. The molecule has 2 heterocycles. The molecule has 0 radical (unpaired) electrons. The molecule has 0 aromatic carbocycles. The molecule has 0 spiro atoms. The van der Waals surface area contributed by atoms with E-state index in [0.29, 0.717) is 12.3 Å². The Morgan fingerprint density at radius 2 is 2.35 bits per heavy atom. The predicted molar refractivity (Wildman–Crippen MR) is 60.8 cm³/mol. The lowest BCUT2D eigenvalue weighted by atomic mass is 10.0. The van der Waals surface area contributed by atoms with Gasteiger partial charge in [0.25, 0.3) is 0 Å². The minimum Gasteiger partial charge on any atom is -0.478 e. The number of hydrogen-bond acceptors (Lipinski definition) is 4. The first-order valence-electron chi connectivity index (χ1n) is 5.86. The topological polar surface area (TPSA) is 73.9 Å². The van der Waals surface area contributed by atoms with Crippen molar-refractivity contribution < 1.29 is 19.4 Å². The molecule has 1 atom stereocenters. The number of carboxylic acid groups (broad SMARTS) is 1. The van der Waals surface area contributed by atoms with E-state index < -0.39 is 5.97 Å². The van der Waals surface area contributed by atoms with Crippen LogP contribution in [0.25, 0.3) is 0 Å². The fourth-order valence-electron chi connectivity index (χ4n) is 2.25. The van der Waals surface area contributed by atoms with E-state index in [1.54, 1.807) is 6.07 Å². The number of aliphatic hydroxyl groups excluding tert-OH is 1. The van der Waals surface area contributed by atoms with Gasteiger partial charge in [-0.1, -0.05) is 6.42 Å². The van der Waals surface area contributed by atoms with Crippen molar-refractivity contribution >= 4 is 5.97 Å². The van der Waals surface area contributed by atoms with Gasteiger partial charge in [0.2, 0.25) is 0 Å². The molecule has 0 amide bonds. The predicted octanol–water partition coefficient (Wildman–Crippen LogP) is 1.32. The molecule has 1 aromatic rings. The zero-order chi connectivity index (χ0) is 12.3. The van der Waals surface area contributed by atoms with Gasteiger partial charge in [-0.2, -0.15) is 0 Å². The van der Waals surface area contributed by atoms with Gasteiger partial charge in [0, 0.05) is 6.04 Å². The molecule has 1 saturated heterocycles. The molecule has 1 aliphatic heterocycles.